The first-order valence-electron chi connectivity index (χ1n) is 13.8. The molecule has 0 atom stereocenters. The minimum atomic E-state index is -2.93. The Hall–Kier alpha value is -4.26. The molecule has 0 radical (unpaired) electrons. The number of hydrogen-bond acceptors (Lipinski definition) is 7. The van der Waals surface area contributed by atoms with E-state index in [9.17, 15) is 32.9 Å². The molecule has 1 aliphatic carbocycles. The number of anilines is 2. The number of fused-ring (bicyclic) bond motifs is 2. The molecule has 2 fully saturated rings. The zero-order chi connectivity index (χ0) is 30.5. The van der Waals surface area contributed by atoms with Gasteiger partial charge in [0, 0.05) is 31.9 Å². The topological polar surface area (TPSA) is 122 Å². The van der Waals surface area contributed by atoms with Crippen LogP contribution in [0.4, 0.5) is 30.4 Å². The molecule has 224 valence electrons. The largest absolute Gasteiger partial charge is 0.387 e. The number of aromatic nitrogens is 2. The highest BCUT2D eigenvalue weighted by atomic mass is 35.5. The van der Waals surface area contributed by atoms with E-state index in [4.69, 9.17) is 11.6 Å². The van der Waals surface area contributed by atoms with E-state index < -0.39 is 34.2 Å². The van der Waals surface area contributed by atoms with Crippen LogP contribution in [0.1, 0.15) is 53.7 Å². The molecule has 0 unspecified atom stereocenters. The molecular formula is C29H26ClF3N6O4. The van der Waals surface area contributed by atoms with Crippen LogP contribution in [0.3, 0.4) is 0 Å². The van der Waals surface area contributed by atoms with Crippen molar-refractivity contribution in [1.29, 1.82) is 0 Å². The lowest BCUT2D eigenvalue weighted by Gasteiger charge is -2.47. The lowest BCUT2D eigenvalue weighted by Crippen LogP contribution is -2.64. The summed E-state index contributed by atoms with van der Waals surface area (Å²) >= 11 is 5.88. The second kappa shape index (κ2) is 11.1. The summed E-state index contributed by atoms with van der Waals surface area (Å²) in [6.07, 6.45) is 1.91. The van der Waals surface area contributed by atoms with E-state index in [2.05, 4.69) is 15.3 Å². The summed E-state index contributed by atoms with van der Waals surface area (Å²) in [5.41, 5.74) is -0.340. The van der Waals surface area contributed by atoms with Crippen molar-refractivity contribution in [2.75, 3.05) is 29.4 Å². The van der Waals surface area contributed by atoms with Gasteiger partial charge in [0.25, 0.3) is 12.3 Å². The van der Waals surface area contributed by atoms with Crippen molar-refractivity contribution in [2.45, 2.75) is 43.6 Å². The number of nitro groups is 1. The summed E-state index contributed by atoms with van der Waals surface area (Å²) in [7, 11) is 0. The predicted octanol–water partition coefficient (Wildman–Crippen LogP) is 5.21. The second-order valence-electron chi connectivity index (χ2n) is 11.2. The summed E-state index contributed by atoms with van der Waals surface area (Å²) in [6.45, 7) is 0.745. The molecule has 1 aromatic carbocycles. The average Bonchev–Trinajstić information content (AvgIpc) is 3.19. The number of alkyl halides is 2. The van der Waals surface area contributed by atoms with Crippen molar-refractivity contribution in [3.05, 3.63) is 86.6 Å². The van der Waals surface area contributed by atoms with Crippen molar-refractivity contribution in [1.82, 2.24) is 15.3 Å². The lowest BCUT2D eigenvalue weighted by molar-refractivity contribution is -0.388. The van der Waals surface area contributed by atoms with Crippen molar-refractivity contribution in [2.24, 2.45) is 5.92 Å². The number of benzene rings is 1. The Morgan fingerprint density at radius 2 is 1.88 bits per heavy atom. The third-order valence-electron chi connectivity index (χ3n) is 8.58. The Morgan fingerprint density at radius 3 is 2.58 bits per heavy atom. The molecule has 0 bridgehead atoms. The Labute approximate surface area is 249 Å². The second-order valence-corrected chi connectivity index (χ2v) is 11.6. The molecule has 4 heterocycles. The van der Waals surface area contributed by atoms with Crippen molar-refractivity contribution in [3.63, 3.8) is 0 Å². The molecule has 14 heteroatoms. The van der Waals surface area contributed by atoms with E-state index in [1.807, 2.05) is 0 Å². The van der Waals surface area contributed by atoms with Crippen LogP contribution in [0.2, 0.25) is 5.02 Å². The molecule has 6 rings (SSSR count). The Balaban J connectivity index is 1.13. The fourth-order valence-corrected chi connectivity index (χ4v) is 6.63. The van der Waals surface area contributed by atoms with E-state index in [0.717, 1.165) is 6.20 Å². The zero-order valence-corrected chi connectivity index (χ0v) is 23.4. The molecule has 1 saturated heterocycles. The van der Waals surface area contributed by atoms with Gasteiger partial charge in [0.1, 0.15) is 28.8 Å². The number of halogens is 4. The summed E-state index contributed by atoms with van der Waals surface area (Å²) in [5, 5.41) is 14.4. The number of nitrogens with one attached hydrogen (secondary N) is 1. The third kappa shape index (κ3) is 5.15. The summed E-state index contributed by atoms with van der Waals surface area (Å²) < 4.78 is 41.1. The van der Waals surface area contributed by atoms with Gasteiger partial charge < -0.3 is 25.2 Å². The normalized spacial score (nSPS) is 20.7. The van der Waals surface area contributed by atoms with Gasteiger partial charge in [-0.15, -0.1) is 0 Å². The number of rotatable bonds is 7. The van der Waals surface area contributed by atoms with Gasteiger partial charge in [-0.25, -0.2) is 13.2 Å². The SMILES string of the molecule is O=C(NC1CCC(CN2C(=O)C3(CN(c4cccnc4[N+](=O)[O-])C3)c3ccc(F)cc32)CC1)c1cc(Cl)cnc1C(F)F. The number of carbonyl (C=O) groups excluding carboxylic acids is 2. The first kappa shape index (κ1) is 28.8. The smallest absolute Gasteiger partial charge is 0.362 e. The number of carbonyl (C=O) groups is 2. The first-order valence-corrected chi connectivity index (χ1v) is 14.2. The predicted molar refractivity (Wildman–Crippen MR) is 151 cm³/mol. The van der Waals surface area contributed by atoms with Crippen LogP contribution in [0, 0.1) is 21.8 Å². The van der Waals surface area contributed by atoms with Gasteiger partial charge in [-0.3, -0.25) is 14.6 Å². The minimum Gasteiger partial charge on any atom is -0.362 e. The minimum absolute atomic E-state index is 0.0587. The molecule has 1 N–H and O–H groups in total. The van der Waals surface area contributed by atoms with E-state index >= 15 is 0 Å². The molecule has 3 aromatic rings. The Bertz CT molecular complexity index is 1610. The molecule has 1 spiro atoms. The zero-order valence-electron chi connectivity index (χ0n) is 22.7. The maximum absolute atomic E-state index is 14.4. The van der Waals surface area contributed by atoms with E-state index in [1.54, 1.807) is 28.0 Å². The van der Waals surface area contributed by atoms with Crippen molar-refractivity contribution >= 4 is 40.6 Å². The van der Waals surface area contributed by atoms with Crippen LogP contribution in [-0.4, -0.2) is 52.4 Å². The highest BCUT2D eigenvalue weighted by molar-refractivity contribution is 6.30. The van der Waals surface area contributed by atoms with E-state index in [0.29, 0.717) is 49.2 Å². The van der Waals surface area contributed by atoms with Gasteiger partial charge in [-0.2, -0.15) is 0 Å². The van der Waals surface area contributed by atoms with Gasteiger partial charge in [0.15, 0.2) is 0 Å². The summed E-state index contributed by atoms with van der Waals surface area (Å²) in [4.78, 5) is 48.5. The maximum Gasteiger partial charge on any atom is 0.387 e. The van der Waals surface area contributed by atoms with E-state index in [-0.39, 0.29) is 47.4 Å². The van der Waals surface area contributed by atoms with Crippen LogP contribution in [0.5, 0.6) is 0 Å². The van der Waals surface area contributed by atoms with Crippen LogP contribution in [0.25, 0.3) is 0 Å². The average molecular weight is 615 g/mol. The molecule has 2 aromatic heterocycles. The molecule has 2 amide bonds. The monoisotopic (exact) mass is 614 g/mol. The maximum atomic E-state index is 14.4. The number of amides is 2. The Morgan fingerprint density at radius 1 is 1.14 bits per heavy atom. The Kier molecular flexibility index (Phi) is 7.45. The first-order chi connectivity index (χ1) is 20.6. The van der Waals surface area contributed by atoms with Gasteiger partial charge in [-0.1, -0.05) is 17.7 Å². The number of hydrogen-bond donors (Lipinski definition) is 1. The molecule has 10 nitrogen and oxygen atoms in total. The van der Waals surface area contributed by atoms with E-state index in [1.165, 1.54) is 24.4 Å². The van der Waals surface area contributed by atoms with Crippen molar-refractivity contribution in [3.8, 4) is 0 Å². The highest BCUT2D eigenvalue weighted by Gasteiger charge is 2.59. The fourth-order valence-electron chi connectivity index (χ4n) is 6.47. The van der Waals surface area contributed by atoms with Crippen molar-refractivity contribution < 1.29 is 27.7 Å². The standard InChI is InChI=1S/C29H26ClF3N6O4/c30-17-10-20(24(25(32)33)35-12-17)27(40)36-19-6-3-16(4-7-19)13-38-23-11-18(31)5-8-21(23)29(28(38)41)14-37(15-29)22-2-1-9-34-26(22)39(42)43/h1-2,5,8-12,16,19,25H,3-4,6-7,13-15H2,(H,36,40). The summed E-state index contributed by atoms with van der Waals surface area (Å²) in [5.74, 6) is -1.56. The molecule has 3 aliphatic rings. The third-order valence-corrected chi connectivity index (χ3v) is 8.79. The molecule has 43 heavy (non-hydrogen) atoms. The fraction of sp³-hybridized carbons (Fsp3) is 0.379. The van der Waals surface area contributed by atoms with Crippen LogP contribution in [0.15, 0.2) is 48.8 Å². The van der Waals surface area contributed by atoms with Gasteiger partial charge >= 0.3 is 5.82 Å². The van der Waals surface area contributed by atoms with Gasteiger partial charge in [0.2, 0.25) is 5.91 Å². The van der Waals surface area contributed by atoms with Gasteiger partial charge in [-0.05, 0) is 77.4 Å². The molecule has 2 aliphatic heterocycles. The molecular weight excluding hydrogens is 589 g/mol. The van der Waals surface area contributed by atoms with Crippen LogP contribution >= 0.6 is 11.6 Å². The lowest BCUT2D eigenvalue weighted by atomic mass is 9.74. The van der Waals surface area contributed by atoms with Crippen LogP contribution in [-0.2, 0) is 10.2 Å². The molecule has 1 saturated carbocycles. The van der Waals surface area contributed by atoms with Gasteiger partial charge in [0.05, 0.1) is 16.3 Å². The number of pyridine rings is 2. The highest BCUT2D eigenvalue weighted by Crippen LogP contribution is 2.50. The van der Waals surface area contributed by atoms with Crippen LogP contribution < -0.4 is 15.1 Å². The number of nitrogens with zero attached hydrogens (tertiary/aromatic N) is 5. The quantitative estimate of drug-likeness (QED) is 0.286. The summed E-state index contributed by atoms with van der Waals surface area (Å²) in [6, 6.07) is 8.39.